The lowest BCUT2D eigenvalue weighted by atomic mass is 9.68. The fourth-order valence-electron chi connectivity index (χ4n) is 6.85. The standard InChI is InChI=1S/C36H54O5/c1-6-7-8-9-28-10-12-29(13-11-28)30-14-16-31(17-15-30)32-18-20-33(21-19-32)34(23-40-35(38)25(2)3)24-41-36(39)26(4)22-27(5)37/h18-21,27-31,34,37H,2,4,6-17,22-24H2,1,3,5H3. The third kappa shape index (κ3) is 10.7. The summed E-state index contributed by atoms with van der Waals surface area (Å²) < 4.78 is 10.9. The molecular formula is C36H54O5. The molecule has 0 spiro atoms. The Morgan fingerprint density at radius 1 is 0.878 bits per heavy atom. The summed E-state index contributed by atoms with van der Waals surface area (Å²) in [5, 5.41) is 9.55. The Morgan fingerprint density at radius 2 is 1.44 bits per heavy atom. The molecule has 228 valence electrons. The molecule has 0 aliphatic heterocycles. The molecular weight excluding hydrogens is 512 g/mol. The highest BCUT2D eigenvalue weighted by molar-refractivity contribution is 5.88. The summed E-state index contributed by atoms with van der Waals surface area (Å²) in [4.78, 5) is 24.4. The van der Waals surface area contributed by atoms with Crippen LogP contribution < -0.4 is 0 Å². The lowest BCUT2D eigenvalue weighted by molar-refractivity contribution is -0.142. The summed E-state index contributed by atoms with van der Waals surface area (Å²) in [7, 11) is 0. The number of ether oxygens (including phenoxy) is 2. The second-order valence-corrected chi connectivity index (χ2v) is 12.9. The Labute approximate surface area is 248 Å². The Hall–Kier alpha value is -2.40. The average Bonchev–Trinajstić information content (AvgIpc) is 2.97. The Balaban J connectivity index is 1.53. The quantitative estimate of drug-likeness (QED) is 0.131. The highest BCUT2D eigenvalue weighted by Crippen LogP contribution is 2.44. The van der Waals surface area contributed by atoms with E-state index in [-0.39, 0.29) is 31.1 Å². The Bertz CT molecular complexity index is 978. The van der Waals surface area contributed by atoms with E-state index in [1.807, 2.05) is 0 Å². The zero-order valence-electron chi connectivity index (χ0n) is 25.9. The number of carbonyl (C=O) groups is 2. The molecule has 3 rings (SSSR count). The van der Waals surface area contributed by atoms with E-state index in [1.54, 1.807) is 13.8 Å². The van der Waals surface area contributed by atoms with E-state index in [0.29, 0.717) is 11.5 Å². The van der Waals surface area contributed by atoms with Gasteiger partial charge >= 0.3 is 11.9 Å². The zero-order valence-corrected chi connectivity index (χ0v) is 25.9. The molecule has 0 radical (unpaired) electrons. The molecule has 1 aromatic rings. The van der Waals surface area contributed by atoms with Crippen LogP contribution in [-0.4, -0.2) is 36.4 Å². The van der Waals surface area contributed by atoms with E-state index >= 15 is 0 Å². The van der Waals surface area contributed by atoms with E-state index in [9.17, 15) is 14.7 Å². The van der Waals surface area contributed by atoms with E-state index in [0.717, 1.165) is 23.3 Å². The summed E-state index contributed by atoms with van der Waals surface area (Å²) in [5.41, 5.74) is 2.88. The predicted octanol–water partition coefficient (Wildman–Crippen LogP) is 8.42. The van der Waals surface area contributed by atoms with Crippen molar-refractivity contribution in [2.75, 3.05) is 13.2 Å². The van der Waals surface area contributed by atoms with Crippen LogP contribution in [0.1, 0.15) is 127 Å². The summed E-state index contributed by atoms with van der Waals surface area (Å²) >= 11 is 0. The van der Waals surface area contributed by atoms with Crippen LogP contribution in [0.5, 0.6) is 0 Å². The van der Waals surface area contributed by atoms with Crippen molar-refractivity contribution in [3.8, 4) is 0 Å². The minimum absolute atomic E-state index is 0.0619. The second kappa shape index (κ2) is 16.9. The largest absolute Gasteiger partial charge is 0.462 e. The third-order valence-electron chi connectivity index (χ3n) is 9.44. The monoisotopic (exact) mass is 566 g/mol. The van der Waals surface area contributed by atoms with Crippen molar-refractivity contribution in [3.05, 3.63) is 59.7 Å². The molecule has 0 amide bonds. The zero-order chi connectivity index (χ0) is 29.8. The van der Waals surface area contributed by atoms with Gasteiger partial charge in [-0.05, 0) is 87.2 Å². The van der Waals surface area contributed by atoms with Crippen LogP contribution in [0.4, 0.5) is 0 Å². The molecule has 0 aromatic heterocycles. The van der Waals surface area contributed by atoms with E-state index in [2.05, 4.69) is 44.3 Å². The van der Waals surface area contributed by atoms with E-state index in [1.165, 1.54) is 82.6 Å². The predicted molar refractivity (Wildman–Crippen MR) is 166 cm³/mol. The molecule has 2 fully saturated rings. The molecule has 2 saturated carbocycles. The minimum Gasteiger partial charge on any atom is -0.462 e. The number of esters is 2. The Morgan fingerprint density at radius 3 is 1.98 bits per heavy atom. The second-order valence-electron chi connectivity index (χ2n) is 12.9. The van der Waals surface area contributed by atoms with Gasteiger partial charge in [-0.25, -0.2) is 9.59 Å². The van der Waals surface area contributed by atoms with E-state index < -0.39 is 18.0 Å². The fraction of sp³-hybridized carbons (Fsp3) is 0.667. The Kier molecular flexibility index (Phi) is 13.6. The van der Waals surface area contributed by atoms with Crippen LogP contribution in [0, 0.1) is 17.8 Å². The van der Waals surface area contributed by atoms with Crippen molar-refractivity contribution >= 4 is 11.9 Å². The van der Waals surface area contributed by atoms with Gasteiger partial charge in [-0.3, -0.25) is 0 Å². The smallest absolute Gasteiger partial charge is 0.333 e. The van der Waals surface area contributed by atoms with Gasteiger partial charge in [0, 0.05) is 17.6 Å². The highest BCUT2D eigenvalue weighted by Gasteiger charge is 2.31. The lowest BCUT2D eigenvalue weighted by Crippen LogP contribution is -2.25. The van der Waals surface area contributed by atoms with Crippen LogP contribution in [0.2, 0.25) is 0 Å². The maximum atomic E-state index is 12.4. The van der Waals surface area contributed by atoms with Gasteiger partial charge < -0.3 is 14.6 Å². The van der Waals surface area contributed by atoms with Gasteiger partial charge in [-0.15, -0.1) is 0 Å². The molecule has 1 N–H and O–H groups in total. The van der Waals surface area contributed by atoms with Crippen molar-refractivity contribution in [1.82, 2.24) is 0 Å². The number of hydrogen-bond donors (Lipinski definition) is 1. The van der Waals surface area contributed by atoms with Gasteiger partial charge in [0.15, 0.2) is 0 Å². The van der Waals surface area contributed by atoms with Crippen molar-refractivity contribution in [3.63, 3.8) is 0 Å². The molecule has 0 bridgehead atoms. The van der Waals surface area contributed by atoms with Gasteiger partial charge in [-0.1, -0.05) is 82.9 Å². The number of rotatable bonds is 15. The fourth-order valence-corrected chi connectivity index (χ4v) is 6.85. The van der Waals surface area contributed by atoms with Crippen molar-refractivity contribution in [2.45, 2.75) is 122 Å². The molecule has 1 aromatic carbocycles. The van der Waals surface area contributed by atoms with Gasteiger partial charge in [-0.2, -0.15) is 0 Å². The van der Waals surface area contributed by atoms with Gasteiger partial charge in [0.1, 0.15) is 13.2 Å². The first kappa shape index (κ1) is 33.1. The first-order valence-electron chi connectivity index (χ1n) is 16.1. The maximum Gasteiger partial charge on any atom is 0.333 e. The van der Waals surface area contributed by atoms with Crippen molar-refractivity contribution < 1.29 is 24.2 Å². The SMILES string of the molecule is C=C(C)C(=O)OCC(COC(=O)C(=C)CC(C)O)c1ccc(C2CCC(C3CCC(CCCCC)CC3)CC2)cc1. The normalized spacial score (nSPS) is 24.2. The molecule has 0 saturated heterocycles. The van der Waals surface area contributed by atoms with Gasteiger partial charge in [0.25, 0.3) is 0 Å². The van der Waals surface area contributed by atoms with Crippen LogP contribution in [-0.2, 0) is 19.1 Å². The number of benzene rings is 1. The minimum atomic E-state index is -0.666. The van der Waals surface area contributed by atoms with Crippen molar-refractivity contribution in [2.24, 2.45) is 17.8 Å². The first-order chi connectivity index (χ1) is 19.7. The molecule has 2 unspecified atom stereocenters. The molecule has 2 aliphatic carbocycles. The molecule has 2 aliphatic rings. The van der Waals surface area contributed by atoms with Gasteiger partial charge in [0.05, 0.1) is 12.0 Å². The number of aliphatic hydroxyl groups is 1. The highest BCUT2D eigenvalue weighted by atomic mass is 16.5. The number of aliphatic hydroxyl groups excluding tert-OH is 1. The van der Waals surface area contributed by atoms with Gasteiger partial charge in [0.2, 0.25) is 0 Å². The molecule has 0 heterocycles. The van der Waals surface area contributed by atoms with Crippen LogP contribution >= 0.6 is 0 Å². The molecule has 2 atom stereocenters. The number of unbranched alkanes of at least 4 members (excludes halogenated alkanes) is 2. The van der Waals surface area contributed by atoms with Crippen LogP contribution in [0.15, 0.2) is 48.6 Å². The average molecular weight is 567 g/mol. The topological polar surface area (TPSA) is 72.8 Å². The summed E-state index contributed by atoms with van der Waals surface area (Å²) in [6.07, 6.45) is 16.0. The summed E-state index contributed by atoms with van der Waals surface area (Å²) in [6.45, 7) is 13.0. The summed E-state index contributed by atoms with van der Waals surface area (Å²) in [6, 6.07) is 8.56. The van der Waals surface area contributed by atoms with Crippen molar-refractivity contribution in [1.29, 1.82) is 0 Å². The number of hydrogen-bond acceptors (Lipinski definition) is 5. The lowest BCUT2D eigenvalue weighted by Gasteiger charge is -2.38. The van der Waals surface area contributed by atoms with Crippen LogP contribution in [0.3, 0.4) is 0 Å². The molecule has 5 nitrogen and oxygen atoms in total. The number of carbonyl (C=O) groups excluding carboxylic acids is 2. The maximum absolute atomic E-state index is 12.4. The first-order valence-corrected chi connectivity index (χ1v) is 16.1. The summed E-state index contributed by atoms with van der Waals surface area (Å²) in [5.74, 6) is 2.09. The molecule has 5 heteroatoms. The van der Waals surface area contributed by atoms with E-state index in [4.69, 9.17) is 9.47 Å². The third-order valence-corrected chi connectivity index (χ3v) is 9.44. The van der Waals surface area contributed by atoms with Crippen LogP contribution in [0.25, 0.3) is 0 Å². The molecule has 41 heavy (non-hydrogen) atoms.